The number of hydrogen-bond acceptors (Lipinski definition) is 3. The highest BCUT2D eigenvalue weighted by Gasteiger charge is 2.05. The highest BCUT2D eigenvalue weighted by atomic mass is 19.1. The van der Waals surface area contributed by atoms with E-state index in [1.165, 1.54) is 11.6 Å². The minimum absolute atomic E-state index is 0.274. The molecule has 3 nitrogen and oxygen atoms in total. The van der Waals surface area contributed by atoms with E-state index in [0.717, 1.165) is 18.7 Å². The average Bonchev–Trinajstić information content (AvgIpc) is 2.48. The molecule has 0 saturated heterocycles. The zero-order chi connectivity index (χ0) is 14.4. The van der Waals surface area contributed by atoms with Crippen LogP contribution in [0.25, 0.3) is 0 Å². The van der Waals surface area contributed by atoms with Crippen LogP contribution < -0.4 is 10.1 Å². The Kier molecular flexibility index (Phi) is 4.96. The lowest BCUT2D eigenvalue weighted by molar-refractivity contribution is 0.414. The standard InChI is InChI=1S/C16H18FNO2/c1-20-14-7-5-12(6-8-14)9-10-18-11-13-3-2-4-15(17)16(13)19/h2-8,18-19H,9-11H2,1H3. The van der Waals surface area contributed by atoms with E-state index in [1.54, 1.807) is 19.2 Å². The molecule has 20 heavy (non-hydrogen) atoms. The maximum absolute atomic E-state index is 13.1. The molecule has 0 aromatic heterocycles. The minimum Gasteiger partial charge on any atom is -0.505 e. The normalized spacial score (nSPS) is 10.5. The molecule has 0 bridgehead atoms. The van der Waals surface area contributed by atoms with Crippen molar-refractivity contribution in [3.05, 3.63) is 59.4 Å². The minimum atomic E-state index is -0.584. The Morgan fingerprint density at radius 2 is 1.90 bits per heavy atom. The Bertz CT molecular complexity index is 555. The number of rotatable bonds is 6. The highest BCUT2D eigenvalue weighted by molar-refractivity contribution is 5.33. The van der Waals surface area contributed by atoms with Crippen molar-refractivity contribution in [2.45, 2.75) is 13.0 Å². The first-order valence-electron chi connectivity index (χ1n) is 6.50. The van der Waals surface area contributed by atoms with Gasteiger partial charge in [-0.2, -0.15) is 0 Å². The SMILES string of the molecule is COc1ccc(CCNCc2cccc(F)c2O)cc1. The molecule has 0 aliphatic carbocycles. The van der Waals surface area contributed by atoms with Gasteiger partial charge in [-0.25, -0.2) is 4.39 Å². The third-order valence-corrected chi connectivity index (χ3v) is 3.14. The van der Waals surface area contributed by atoms with E-state index < -0.39 is 5.82 Å². The number of hydrogen-bond donors (Lipinski definition) is 2. The summed E-state index contributed by atoms with van der Waals surface area (Å²) in [5.41, 5.74) is 1.77. The summed E-state index contributed by atoms with van der Waals surface area (Å²) in [6, 6.07) is 12.4. The van der Waals surface area contributed by atoms with Crippen LogP contribution in [0.15, 0.2) is 42.5 Å². The summed E-state index contributed by atoms with van der Waals surface area (Å²) >= 11 is 0. The number of benzene rings is 2. The summed E-state index contributed by atoms with van der Waals surface area (Å²) in [6.45, 7) is 1.20. The van der Waals surface area contributed by atoms with Crippen LogP contribution in [0, 0.1) is 5.82 Å². The molecule has 0 atom stereocenters. The van der Waals surface area contributed by atoms with Gasteiger partial charge in [-0.3, -0.25) is 0 Å². The second kappa shape index (κ2) is 6.91. The molecule has 4 heteroatoms. The van der Waals surface area contributed by atoms with E-state index in [1.807, 2.05) is 24.3 Å². The molecular weight excluding hydrogens is 257 g/mol. The number of methoxy groups -OCH3 is 1. The molecule has 0 aliphatic rings. The van der Waals surface area contributed by atoms with Gasteiger partial charge in [0.15, 0.2) is 11.6 Å². The molecule has 0 amide bonds. The molecule has 2 aromatic rings. The van der Waals surface area contributed by atoms with Crippen LogP contribution >= 0.6 is 0 Å². The maximum Gasteiger partial charge on any atom is 0.165 e. The molecule has 0 aliphatic heterocycles. The van der Waals surface area contributed by atoms with Gasteiger partial charge >= 0.3 is 0 Å². The third kappa shape index (κ3) is 3.71. The van der Waals surface area contributed by atoms with Gasteiger partial charge in [0.05, 0.1) is 7.11 Å². The second-order valence-electron chi connectivity index (χ2n) is 4.52. The van der Waals surface area contributed by atoms with Crippen LogP contribution in [-0.2, 0) is 13.0 Å². The lowest BCUT2D eigenvalue weighted by Gasteiger charge is -2.08. The lowest BCUT2D eigenvalue weighted by atomic mass is 10.1. The van der Waals surface area contributed by atoms with Gasteiger partial charge in [-0.05, 0) is 36.7 Å². The van der Waals surface area contributed by atoms with Gasteiger partial charge in [0.25, 0.3) is 0 Å². The number of nitrogens with one attached hydrogen (secondary N) is 1. The first-order chi connectivity index (χ1) is 9.70. The number of para-hydroxylation sites is 1. The van der Waals surface area contributed by atoms with Crippen LogP contribution in [-0.4, -0.2) is 18.8 Å². The van der Waals surface area contributed by atoms with Crippen LogP contribution in [0.3, 0.4) is 0 Å². The number of phenolic OH excluding ortho intramolecular Hbond substituents is 1. The predicted molar refractivity (Wildman–Crippen MR) is 76.5 cm³/mol. The van der Waals surface area contributed by atoms with E-state index in [0.29, 0.717) is 12.1 Å². The summed E-state index contributed by atoms with van der Waals surface area (Å²) in [4.78, 5) is 0. The van der Waals surface area contributed by atoms with Gasteiger partial charge in [0, 0.05) is 12.1 Å². The predicted octanol–water partition coefficient (Wildman–Crippen LogP) is 2.87. The summed E-state index contributed by atoms with van der Waals surface area (Å²) < 4.78 is 18.2. The van der Waals surface area contributed by atoms with E-state index >= 15 is 0 Å². The molecule has 0 fully saturated rings. The van der Waals surface area contributed by atoms with Gasteiger partial charge in [0.2, 0.25) is 0 Å². The largest absolute Gasteiger partial charge is 0.505 e. The van der Waals surface area contributed by atoms with Crippen molar-refractivity contribution in [2.24, 2.45) is 0 Å². The van der Waals surface area contributed by atoms with Crippen molar-refractivity contribution in [1.82, 2.24) is 5.32 Å². The first kappa shape index (κ1) is 14.3. The Labute approximate surface area is 118 Å². The first-order valence-corrected chi connectivity index (χ1v) is 6.50. The van der Waals surface area contributed by atoms with Crippen molar-refractivity contribution in [3.8, 4) is 11.5 Å². The molecular formula is C16H18FNO2. The van der Waals surface area contributed by atoms with Gasteiger partial charge < -0.3 is 15.2 Å². The lowest BCUT2D eigenvalue weighted by Crippen LogP contribution is -2.16. The van der Waals surface area contributed by atoms with E-state index in [4.69, 9.17) is 4.74 Å². The molecule has 0 heterocycles. The van der Waals surface area contributed by atoms with Crippen molar-refractivity contribution < 1.29 is 14.2 Å². The highest BCUT2D eigenvalue weighted by Crippen LogP contribution is 2.20. The summed E-state index contributed by atoms with van der Waals surface area (Å²) in [5, 5.41) is 12.7. The fraction of sp³-hybridized carbons (Fsp3) is 0.250. The zero-order valence-corrected chi connectivity index (χ0v) is 11.4. The van der Waals surface area contributed by atoms with Crippen LogP contribution in [0.2, 0.25) is 0 Å². The smallest absolute Gasteiger partial charge is 0.165 e. The van der Waals surface area contributed by atoms with E-state index in [-0.39, 0.29) is 5.75 Å². The number of phenols is 1. The quantitative estimate of drug-likeness (QED) is 0.797. The average molecular weight is 275 g/mol. The molecule has 0 unspecified atom stereocenters. The number of halogens is 1. The monoisotopic (exact) mass is 275 g/mol. The maximum atomic E-state index is 13.1. The molecule has 0 spiro atoms. The van der Waals surface area contributed by atoms with Gasteiger partial charge in [0.1, 0.15) is 5.75 Å². The molecule has 0 saturated carbocycles. The topological polar surface area (TPSA) is 41.5 Å². The van der Waals surface area contributed by atoms with Crippen LogP contribution in [0.5, 0.6) is 11.5 Å². The van der Waals surface area contributed by atoms with E-state index in [9.17, 15) is 9.50 Å². The van der Waals surface area contributed by atoms with Gasteiger partial charge in [-0.1, -0.05) is 24.3 Å². The Morgan fingerprint density at radius 3 is 2.60 bits per heavy atom. The summed E-state index contributed by atoms with van der Waals surface area (Å²) in [7, 11) is 1.64. The Morgan fingerprint density at radius 1 is 1.15 bits per heavy atom. The van der Waals surface area contributed by atoms with Crippen molar-refractivity contribution in [3.63, 3.8) is 0 Å². The second-order valence-corrected chi connectivity index (χ2v) is 4.52. The van der Waals surface area contributed by atoms with Crippen LogP contribution in [0.1, 0.15) is 11.1 Å². The van der Waals surface area contributed by atoms with Crippen molar-refractivity contribution in [2.75, 3.05) is 13.7 Å². The van der Waals surface area contributed by atoms with Crippen molar-refractivity contribution in [1.29, 1.82) is 0 Å². The summed E-state index contributed by atoms with van der Waals surface area (Å²) in [5.74, 6) is -0.0182. The zero-order valence-electron chi connectivity index (χ0n) is 11.4. The number of ether oxygens (including phenoxy) is 1. The Hall–Kier alpha value is -2.07. The van der Waals surface area contributed by atoms with Gasteiger partial charge in [-0.15, -0.1) is 0 Å². The summed E-state index contributed by atoms with van der Waals surface area (Å²) in [6.07, 6.45) is 0.861. The van der Waals surface area contributed by atoms with Crippen molar-refractivity contribution >= 4 is 0 Å². The molecule has 2 aromatic carbocycles. The third-order valence-electron chi connectivity index (χ3n) is 3.14. The van der Waals surface area contributed by atoms with E-state index in [2.05, 4.69) is 5.32 Å². The molecule has 0 radical (unpaired) electrons. The van der Waals surface area contributed by atoms with Crippen LogP contribution in [0.4, 0.5) is 4.39 Å². The molecule has 2 rings (SSSR count). The molecule has 106 valence electrons. The number of aromatic hydroxyl groups is 1. The fourth-order valence-electron chi connectivity index (χ4n) is 1.95. The fourth-order valence-corrected chi connectivity index (χ4v) is 1.95. The Balaban J connectivity index is 1.80. The molecule has 2 N–H and O–H groups in total.